The van der Waals surface area contributed by atoms with Gasteiger partial charge >= 0.3 is 0 Å². The monoisotopic (exact) mass is 410 g/mol. The number of rotatable bonds is 5. The summed E-state index contributed by atoms with van der Waals surface area (Å²) >= 11 is 5.92. The van der Waals surface area contributed by atoms with Crippen molar-refractivity contribution in [1.29, 1.82) is 0 Å². The van der Waals surface area contributed by atoms with Gasteiger partial charge in [-0.25, -0.2) is 0 Å². The molecule has 4 rings (SSSR count). The molecule has 5 nitrogen and oxygen atoms in total. The number of carbonyl (C=O) groups is 1. The van der Waals surface area contributed by atoms with Gasteiger partial charge in [-0.1, -0.05) is 47.1 Å². The number of benzene rings is 2. The van der Waals surface area contributed by atoms with Gasteiger partial charge in [-0.05, 0) is 56.0 Å². The molecule has 0 bridgehead atoms. The van der Waals surface area contributed by atoms with Crippen molar-refractivity contribution >= 4 is 17.5 Å². The summed E-state index contributed by atoms with van der Waals surface area (Å²) in [5.74, 6) is 1.16. The highest BCUT2D eigenvalue weighted by Gasteiger charge is 2.32. The van der Waals surface area contributed by atoms with Crippen molar-refractivity contribution in [3.63, 3.8) is 0 Å². The standard InChI is InChI=1S/C23H23ClN2O3/c1-16-20(15-28-19-12-10-18(24)11-13-19)22(25-29-16)23(27)26-14-6-5-9-21(26)17-7-3-2-4-8-17/h2-4,7-8,10-13,21H,5-6,9,14-15H2,1H3. The van der Waals surface area contributed by atoms with Crippen molar-refractivity contribution < 1.29 is 14.1 Å². The van der Waals surface area contributed by atoms with E-state index in [-0.39, 0.29) is 18.6 Å². The minimum atomic E-state index is -0.106. The van der Waals surface area contributed by atoms with E-state index in [1.165, 1.54) is 0 Å². The summed E-state index contributed by atoms with van der Waals surface area (Å²) in [5, 5.41) is 4.72. The molecule has 150 valence electrons. The predicted octanol–water partition coefficient (Wildman–Crippen LogP) is 5.58. The minimum absolute atomic E-state index is 0.0551. The van der Waals surface area contributed by atoms with Crippen LogP contribution in [0.5, 0.6) is 5.75 Å². The second-order valence-electron chi connectivity index (χ2n) is 7.23. The molecule has 0 spiro atoms. The summed E-state index contributed by atoms with van der Waals surface area (Å²) < 4.78 is 11.2. The van der Waals surface area contributed by atoms with Gasteiger partial charge in [0.15, 0.2) is 5.69 Å². The molecule has 0 N–H and O–H groups in total. The number of carbonyl (C=O) groups excluding carboxylic acids is 1. The summed E-state index contributed by atoms with van der Waals surface area (Å²) in [6, 6.07) is 17.3. The van der Waals surface area contributed by atoms with Crippen LogP contribution in [0.15, 0.2) is 59.1 Å². The second kappa shape index (κ2) is 8.70. The molecule has 1 unspecified atom stereocenters. The first kappa shape index (κ1) is 19.5. The fourth-order valence-corrected chi connectivity index (χ4v) is 3.87. The van der Waals surface area contributed by atoms with E-state index in [2.05, 4.69) is 17.3 Å². The van der Waals surface area contributed by atoms with Gasteiger partial charge in [0.05, 0.1) is 11.6 Å². The molecule has 1 atom stereocenters. The van der Waals surface area contributed by atoms with Crippen LogP contribution in [0.3, 0.4) is 0 Å². The van der Waals surface area contributed by atoms with Gasteiger partial charge in [0.1, 0.15) is 18.1 Å². The lowest BCUT2D eigenvalue weighted by Gasteiger charge is -2.35. The third kappa shape index (κ3) is 4.30. The fraction of sp³-hybridized carbons (Fsp3) is 0.304. The molecule has 3 aromatic rings. The number of piperidine rings is 1. The summed E-state index contributed by atoms with van der Waals surface area (Å²) in [6.07, 6.45) is 3.04. The number of aromatic nitrogens is 1. The minimum Gasteiger partial charge on any atom is -0.489 e. The van der Waals surface area contributed by atoms with E-state index < -0.39 is 0 Å². The Kier molecular flexibility index (Phi) is 5.86. The van der Waals surface area contributed by atoms with E-state index >= 15 is 0 Å². The number of halogens is 1. The number of nitrogens with zero attached hydrogens (tertiary/aromatic N) is 2. The molecular weight excluding hydrogens is 388 g/mol. The zero-order chi connectivity index (χ0) is 20.2. The maximum atomic E-state index is 13.4. The first-order valence-corrected chi connectivity index (χ1v) is 10.2. The highest BCUT2D eigenvalue weighted by Crippen LogP contribution is 2.32. The molecule has 1 saturated heterocycles. The lowest BCUT2D eigenvalue weighted by atomic mass is 9.94. The molecule has 0 saturated carbocycles. The molecule has 0 radical (unpaired) electrons. The van der Waals surface area contributed by atoms with Crippen molar-refractivity contribution in [2.24, 2.45) is 0 Å². The van der Waals surface area contributed by atoms with Crippen molar-refractivity contribution in [2.75, 3.05) is 6.54 Å². The molecule has 1 amide bonds. The Hall–Kier alpha value is -2.79. The zero-order valence-corrected chi connectivity index (χ0v) is 17.1. The number of aryl methyl sites for hydroxylation is 1. The molecule has 1 aliphatic heterocycles. The molecule has 0 aliphatic carbocycles. The number of ether oxygens (including phenoxy) is 1. The maximum Gasteiger partial charge on any atom is 0.276 e. The predicted molar refractivity (Wildman–Crippen MR) is 111 cm³/mol. The van der Waals surface area contributed by atoms with Crippen LogP contribution in [-0.2, 0) is 6.61 Å². The Morgan fingerprint density at radius 1 is 1.17 bits per heavy atom. The first-order valence-electron chi connectivity index (χ1n) is 9.83. The molecule has 1 aromatic heterocycles. The van der Waals surface area contributed by atoms with Crippen LogP contribution in [0.1, 0.15) is 52.7 Å². The average Bonchev–Trinajstić information content (AvgIpc) is 3.14. The van der Waals surface area contributed by atoms with Crippen molar-refractivity contribution in [2.45, 2.75) is 38.8 Å². The van der Waals surface area contributed by atoms with Gasteiger partial charge < -0.3 is 14.2 Å². The van der Waals surface area contributed by atoms with Gasteiger partial charge in [-0.2, -0.15) is 0 Å². The lowest BCUT2D eigenvalue weighted by molar-refractivity contribution is 0.0598. The van der Waals surface area contributed by atoms with Gasteiger partial charge in [0.25, 0.3) is 5.91 Å². The van der Waals surface area contributed by atoms with Crippen LogP contribution in [0.4, 0.5) is 0 Å². The smallest absolute Gasteiger partial charge is 0.276 e. The summed E-state index contributed by atoms with van der Waals surface area (Å²) in [6.45, 7) is 2.72. The van der Waals surface area contributed by atoms with Crippen LogP contribution >= 0.6 is 11.6 Å². The fourth-order valence-electron chi connectivity index (χ4n) is 3.75. The summed E-state index contributed by atoms with van der Waals surface area (Å²) in [5.41, 5.74) is 2.17. The van der Waals surface area contributed by atoms with Crippen molar-refractivity contribution in [3.8, 4) is 5.75 Å². The Balaban J connectivity index is 1.55. The molecular formula is C23H23ClN2O3. The van der Waals surface area contributed by atoms with E-state index in [1.807, 2.05) is 23.1 Å². The van der Waals surface area contributed by atoms with Crippen LogP contribution in [-0.4, -0.2) is 22.5 Å². The number of hydrogen-bond donors (Lipinski definition) is 0. The van der Waals surface area contributed by atoms with Gasteiger partial charge in [-0.3, -0.25) is 4.79 Å². The van der Waals surface area contributed by atoms with Gasteiger partial charge in [-0.15, -0.1) is 0 Å². The van der Waals surface area contributed by atoms with Gasteiger partial charge in [0.2, 0.25) is 0 Å². The molecule has 2 heterocycles. The van der Waals surface area contributed by atoms with E-state index in [1.54, 1.807) is 31.2 Å². The van der Waals surface area contributed by atoms with E-state index in [0.29, 0.717) is 34.3 Å². The van der Waals surface area contributed by atoms with Crippen molar-refractivity contribution in [3.05, 3.63) is 82.2 Å². The third-order valence-electron chi connectivity index (χ3n) is 5.33. The number of amides is 1. The summed E-state index contributed by atoms with van der Waals surface area (Å²) in [7, 11) is 0. The molecule has 1 fully saturated rings. The molecule has 29 heavy (non-hydrogen) atoms. The maximum absolute atomic E-state index is 13.4. The number of likely N-dealkylation sites (tertiary alicyclic amines) is 1. The molecule has 2 aromatic carbocycles. The summed E-state index contributed by atoms with van der Waals surface area (Å²) in [4.78, 5) is 15.3. The SMILES string of the molecule is Cc1onc(C(=O)N2CCCCC2c2ccccc2)c1COc1ccc(Cl)cc1. The van der Waals surface area contributed by atoms with E-state index in [0.717, 1.165) is 24.8 Å². The highest BCUT2D eigenvalue weighted by molar-refractivity contribution is 6.30. The van der Waals surface area contributed by atoms with Crippen LogP contribution in [0, 0.1) is 6.92 Å². The third-order valence-corrected chi connectivity index (χ3v) is 5.58. The van der Waals surface area contributed by atoms with Gasteiger partial charge in [0, 0.05) is 11.6 Å². The molecule has 6 heteroatoms. The largest absolute Gasteiger partial charge is 0.489 e. The van der Waals surface area contributed by atoms with E-state index in [9.17, 15) is 4.79 Å². The van der Waals surface area contributed by atoms with Crippen LogP contribution in [0.25, 0.3) is 0 Å². The van der Waals surface area contributed by atoms with Crippen LogP contribution in [0.2, 0.25) is 5.02 Å². The highest BCUT2D eigenvalue weighted by atomic mass is 35.5. The quantitative estimate of drug-likeness (QED) is 0.550. The lowest BCUT2D eigenvalue weighted by Crippen LogP contribution is -2.39. The topological polar surface area (TPSA) is 55.6 Å². The number of hydrogen-bond acceptors (Lipinski definition) is 4. The zero-order valence-electron chi connectivity index (χ0n) is 16.3. The Morgan fingerprint density at radius 3 is 2.69 bits per heavy atom. The first-order chi connectivity index (χ1) is 14.1. The Bertz CT molecular complexity index is 970. The second-order valence-corrected chi connectivity index (χ2v) is 7.67. The normalized spacial score (nSPS) is 16.6. The molecule has 1 aliphatic rings. The van der Waals surface area contributed by atoms with E-state index in [4.69, 9.17) is 20.9 Å². The Morgan fingerprint density at radius 2 is 1.93 bits per heavy atom. The van der Waals surface area contributed by atoms with Crippen LogP contribution < -0.4 is 4.74 Å². The Labute approximate surface area is 175 Å². The average molecular weight is 411 g/mol. The van der Waals surface area contributed by atoms with Crippen molar-refractivity contribution in [1.82, 2.24) is 10.1 Å².